The van der Waals surface area contributed by atoms with E-state index >= 15 is 0 Å². The standard InChI is InChI=1S/C10H7ClF3N3O/c11-7-3-1-6(2-4-7)8-15-16-9(18)17(8)5-10(12,13)14/h1-4H,5H2,(H,16,18). The van der Waals surface area contributed by atoms with E-state index in [4.69, 9.17) is 11.6 Å². The van der Waals surface area contributed by atoms with Crippen LogP contribution in [0, 0.1) is 0 Å². The fourth-order valence-electron chi connectivity index (χ4n) is 1.46. The van der Waals surface area contributed by atoms with E-state index in [1.165, 1.54) is 24.3 Å². The Morgan fingerprint density at radius 2 is 1.89 bits per heavy atom. The highest BCUT2D eigenvalue weighted by Crippen LogP contribution is 2.22. The molecule has 0 atom stereocenters. The van der Waals surface area contributed by atoms with Crippen molar-refractivity contribution in [3.8, 4) is 11.4 Å². The van der Waals surface area contributed by atoms with Crippen LogP contribution in [-0.4, -0.2) is 20.9 Å². The molecule has 18 heavy (non-hydrogen) atoms. The molecule has 0 saturated heterocycles. The molecular weight excluding hydrogens is 271 g/mol. The molecule has 0 unspecified atom stereocenters. The number of aromatic amines is 1. The molecule has 0 aliphatic carbocycles. The van der Waals surface area contributed by atoms with E-state index in [0.717, 1.165) is 0 Å². The van der Waals surface area contributed by atoms with E-state index in [1.807, 2.05) is 5.10 Å². The summed E-state index contributed by atoms with van der Waals surface area (Å²) in [6.07, 6.45) is -4.49. The van der Waals surface area contributed by atoms with Gasteiger partial charge in [-0.2, -0.15) is 18.3 Å². The Bertz CT molecular complexity index is 600. The average Bonchev–Trinajstić information content (AvgIpc) is 2.60. The van der Waals surface area contributed by atoms with Gasteiger partial charge in [0.25, 0.3) is 0 Å². The van der Waals surface area contributed by atoms with Gasteiger partial charge in [0.15, 0.2) is 5.82 Å². The van der Waals surface area contributed by atoms with Gasteiger partial charge in [-0.25, -0.2) is 9.89 Å². The molecule has 0 radical (unpaired) electrons. The zero-order valence-corrected chi connectivity index (χ0v) is 9.59. The molecule has 1 heterocycles. The largest absolute Gasteiger partial charge is 0.406 e. The molecule has 1 aromatic carbocycles. The van der Waals surface area contributed by atoms with Gasteiger partial charge in [-0.15, -0.1) is 0 Å². The minimum Gasteiger partial charge on any atom is -0.266 e. The highest BCUT2D eigenvalue weighted by atomic mass is 35.5. The Balaban J connectivity index is 2.46. The molecule has 0 amide bonds. The normalized spacial score (nSPS) is 11.8. The fourth-order valence-corrected chi connectivity index (χ4v) is 1.59. The predicted molar refractivity (Wildman–Crippen MR) is 59.3 cm³/mol. The van der Waals surface area contributed by atoms with Gasteiger partial charge >= 0.3 is 11.9 Å². The lowest BCUT2D eigenvalue weighted by Crippen LogP contribution is -2.26. The Hall–Kier alpha value is -1.76. The number of H-pyrrole nitrogens is 1. The number of alkyl halides is 3. The molecule has 8 heteroatoms. The van der Waals surface area contributed by atoms with Crippen LogP contribution in [0.5, 0.6) is 0 Å². The smallest absolute Gasteiger partial charge is 0.266 e. The predicted octanol–water partition coefficient (Wildman–Crippen LogP) is 2.45. The second-order valence-electron chi connectivity index (χ2n) is 3.56. The summed E-state index contributed by atoms with van der Waals surface area (Å²) in [5.41, 5.74) is -0.528. The number of nitrogens with zero attached hydrogens (tertiary/aromatic N) is 2. The lowest BCUT2D eigenvalue weighted by molar-refractivity contribution is -0.140. The molecule has 96 valence electrons. The second-order valence-corrected chi connectivity index (χ2v) is 4.00. The van der Waals surface area contributed by atoms with Crippen LogP contribution in [0.3, 0.4) is 0 Å². The zero-order chi connectivity index (χ0) is 13.3. The highest BCUT2D eigenvalue weighted by Gasteiger charge is 2.30. The number of nitrogens with one attached hydrogen (secondary N) is 1. The number of rotatable bonds is 2. The number of aromatic nitrogens is 3. The third-order valence-corrected chi connectivity index (χ3v) is 2.45. The molecule has 0 spiro atoms. The molecule has 4 nitrogen and oxygen atoms in total. The summed E-state index contributed by atoms with van der Waals surface area (Å²) >= 11 is 5.67. The van der Waals surface area contributed by atoms with Gasteiger partial charge in [0.2, 0.25) is 0 Å². The molecule has 1 aromatic heterocycles. The summed E-state index contributed by atoms with van der Waals surface area (Å²) < 4.78 is 37.5. The van der Waals surface area contributed by atoms with Crippen molar-refractivity contribution >= 4 is 11.6 Å². The van der Waals surface area contributed by atoms with Crippen LogP contribution in [0.15, 0.2) is 29.1 Å². The van der Waals surface area contributed by atoms with Gasteiger partial charge in [-0.3, -0.25) is 4.57 Å². The molecule has 0 bridgehead atoms. The number of hydrogen-bond donors (Lipinski definition) is 1. The van der Waals surface area contributed by atoms with Crippen LogP contribution < -0.4 is 5.69 Å². The van der Waals surface area contributed by atoms with E-state index < -0.39 is 18.4 Å². The second kappa shape index (κ2) is 4.49. The monoisotopic (exact) mass is 277 g/mol. The highest BCUT2D eigenvalue weighted by molar-refractivity contribution is 6.30. The first-order chi connectivity index (χ1) is 8.37. The van der Waals surface area contributed by atoms with Gasteiger partial charge in [0.05, 0.1) is 0 Å². The summed E-state index contributed by atoms with van der Waals surface area (Å²) in [6, 6.07) is 6.00. The van der Waals surface area contributed by atoms with Gasteiger partial charge in [-0.1, -0.05) is 11.6 Å². The molecule has 0 fully saturated rings. The average molecular weight is 278 g/mol. The maximum Gasteiger partial charge on any atom is 0.406 e. The molecule has 0 saturated carbocycles. The lowest BCUT2D eigenvalue weighted by atomic mass is 10.2. The zero-order valence-electron chi connectivity index (χ0n) is 8.83. The maximum absolute atomic E-state index is 12.3. The van der Waals surface area contributed by atoms with Crippen molar-refractivity contribution in [3.63, 3.8) is 0 Å². The first-order valence-electron chi connectivity index (χ1n) is 4.85. The van der Waals surface area contributed by atoms with E-state index in [9.17, 15) is 18.0 Å². The molecular formula is C10H7ClF3N3O. The molecule has 2 rings (SSSR count). The van der Waals surface area contributed by atoms with E-state index in [-0.39, 0.29) is 5.82 Å². The Kier molecular flexibility index (Phi) is 3.16. The topological polar surface area (TPSA) is 50.7 Å². The minimum absolute atomic E-state index is 0.0750. The van der Waals surface area contributed by atoms with Crippen molar-refractivity contribution in [2.24, 2.45) is 0 Å². The molecule has 0 aliphatic heterocycles. The van der Waals surface area contributed by atoms with Crippen molar-refractivity contribution < 1.29 is 13.2 Å². The SMILES string of the molecule is O=c1[nH]nc(-c2ccc(Cl)cc2)n1CC(F)(F)F. The van der Waals surface area contributed by atoms with Crippen LogP contribution in [0.4, 0.5) is 13.2 Å². The van der Waals surface area contributed by atoms with Crippen molar-refractivity contribution in [1.29, 1.82) is 0 Å². The number of halogens is 4. The Morgan fingerprint density at radius 3 is 2.44 bits per heavy atom. The van der Waals surface area contributed by atoms with Crippen LogP contribution in [0.2, 0.25) is 5.02 Å². The van der Waals surface area contributed by atoms with Crippen LogP contribution >= 0.6 is 11.6 Å². The van der Waals surface area contributed by atoms with Crippen LogP contribution in [-0.2, 0) is 6.54 Å². The summed E-state index contributed by atoms with van der Waals surface area (Å²) in [7, 11) is 0. The quantitative estimate of drug-likeness (QED) is 0.917. The van der Waals surface area contributed by atoms with Crippen molar-refractivity contribution in [3.05, 3.63) is 39.8 Å². The van der Waals surface area contributed by atoms with Gasteiger partial charge in [0, 0.05) is 10.6 Å². The summed E-state index contributed by atoms with van der Waals surface area (Å²) in [6.45, 7) is -1.39. The van der Waals surface area contributed by atoms with Gasteiger partial charge < -0.3 is 0 Å². The first kappa shape index (κ1) is 12.7. The Labute approximate surface area is 104 Å². The van der Waals surface area contributed by atoms with Crippen molar-refractivity contribution in [2.75, 3.05) is 0 Å². The lowest BCUT2D eigenvalue weighted by Gasteiger charge is -2.08. The number of benzene rings is 1. The van der Waals surface area contributed by atoms with Crippen molar-refractivity contribution in [2.45, 2.75) is 12.7 Å². The van der Waals surface area contributed by atoms with Crippen LogP contribution in [0.1, 0.15) is 0 Å². The van der Waals surface area contributed by atoms with E-state index in [0.29, 0.717) is 15.2 Å². The molecule has 2 aromatic rings. The molecule has 1 N–H and O–H groups in total. The third-order valence-electron chi connectivity index (χ3n) is 2.20. The van der Waals surface area contributed by atoms with Crippen molar-refractivity contribution in [1.82, 2.24) is 14.8 Å². The number of hydrogen-bond acceptors (Lipinski definition) is 2. The van der Waals surface area contributed by atoms with E-state index in [2.05, 4.69) is 5.10 Å². The summed E-state index contributed by atoms with van der Waals surface area (Å²) in [5, 5.41) is 6.02. The third kappa shape index (κ3) is 2.73. The van der Waals surface area contributed by atoms with Gasteiger partial charge in [-0.05, 0) is 24.3 Å². The van der Waals surface area contributed by atoms with Gasteiger partial charge in [0.1, 0.15) is 6.54 Å². The minimum atomic E-state index is -4.49. The first-order valence-corrected chi connectivity index (χ1v) is 5.22. The fraction of sp³-hybridized carbons (Fsp3) is 0.200. The summed E-state index contributed by atoms with van der Waals surface area (Å²) in [4.78, 5) is 11.3. The summed E-state index contributed by atoms with van der Waals surface area (Å²) in [5.74, 6) is -0.0750. The molecule has 0 aliphatic rings. The Morgan fingerprint density at radius 1 is 1.28 bits per heavy atom. The maximum atomic E-state index is 12.3. The van der Waals surface area contributed by atoms with Crippen LogP contribution in [0.25, 0.3) is 11.4 Å². The van der Waals surface area contributed by atoms with E-state index in [1.54, 1.807) is 0 Å².